The van der Waals surface area contributed by atoms with Gasteiger partial charge < -0.3 is 19.7 Å². The molecule has 7 atom stereocenters. The van der Waals surface area contributed by atoms with Crippen molar-refractivity contribution >= 4 is 17.8 Å². The largest absolute Gasteiger partial charge is 0.458 e. The quantitative estimate of drug-likeness (QED) is 0.488. The molecule has 0 aromatic carbocycles. The zero-order valence-electron chi connectivity index (χ0n) is 21.6. The number of fused-ring (bicyclic) bond motifs is 1. The summed E-state index contributed by atoms with van der Waals surface area (Å²) in [6, 6.07) is 5.58. The van der Waals surface area contributed by atoms with Crippen LogP contribution in [0.15, 0.2) is 30.5 Å². The highest BCUT2D eigenvalue weighted by Gasteiger charge is 2.52. The van der Waals surface area contributed by atoms with Crippen molar-refractivity contribution in [2.24, 2.45) is 17.3 Å². The first-order valence-electron chi connectivity index (χ1n) is 12.8. The molecule has 0 spiro atoms. The molecular formula is C28H41NO6. The number of carbonyl (C=O) groups is 2. The molecule has 2 fully saturated rings. The Morgan fingerprint density at radius 1 is 1.20 bits per heavy atom. The van der Waals surface area contributed by atoms with Gasteiger partial charge in [-0.25, -0.2) is 0 Å². The number of epoxide rings is 1. The van der Waals surface area contributed by atoms with Gasteiger partial charge in [0.2, 0.25) is 0 Å². The smallest absolute Gasteiger partial charge is 0.309 e. The van der Waals surface area contributed by atoms with Crippen LogP contribution in [0.4, 0.5) is 0 Å². The van der Waals surface area contributed by atoms with Crippen molar-refractivity contribution in [3.8, 4) is 0 Å². The molecule has 0 bridgehead atoms. The highest BCUT2D eigenvalue weighted by Crippen LogP contribution is 2.44. The van der Waals surface area contributed by atoms with Crippen LogP contribution in [-0.2, 0) is 19.1 Å². The number of rotatable bonds is 3. The van der Waals surface area contributed by atoms with E-state index in [0.29, 0.717) is 12.8 Å². The highest BCUT2D eigenvalue weighted by atomic mass is 16.6. The molecule has 1 aromatic heterocycles. The lowest BCUT2D eigenvalue weighted by atomic mass is 9.71. The number of nitrogens with zero attached hydrogens (tertiary/aromatic N) is 1. The van der Waals surface area contributed by atoms with Crippen LogP contribution in [0.1, 0.15) is 78.8 Å². The summed E-state index contributed by atoms with van der Waals surface area (Å²) < 4.78 is 11.8. The minimum absolute atomic E-state index is 0.0480. The fourth-order valence-electron chi connectivity index (χ4n) is 5.06. The van der Waals surface area contributed by atoms with Gasteiger partial charge in [-0.05, 0) is 56.4 Å². The van der Waals surface area contributed by atoms with E-state index >= 15 is 0 Å². The van der Waals surface area contributed by atoms with E-state index in [1.54, 1.807) is 26.1 Å². The van der Waals surface area contributed by atoms with Crippen molar-refractivity contribution < 1.29 is 29.3 Å². The Morgan fingerprint density at radius 2 is 1.94 bits per heavy atom. The van der Waals surface area contributed by atoms with E-state index in [1.165, 1.54) is 0 Å². The number of hydrogen-bond donors (Lipinski definition) is 2. The number of pyridine rings is 1. The zero-order valence-corrected chi connectivity index (χ0v) is 21.6. The summed E-state index contributed by atoms with van der Waals surface area (Å²) in [6.07, 6.45) is 5.82. The summed E-state index contributed by atoms with van der Waals surface area (Å²) in [4.78, 5) is 30.5. The Labute approximate surface area is 208 Å². The van der Waals surface area contributed by atoms with Crippen LogP contribution in [0.25, 0.3) is 6.08 Å². The first-order valence-corrected chi connectivity index (χ1v) is 12.8. The molecule has 2 aliphatic rings. The van der Waals surface area contributed by atoms with Gasteiger partial charge in [-0.1, -0.05) is 40.2 Å². The molecule has 7 nitrogen and oxygen atoms in total. The highest BCUT2D eigenvalue weighted by molar-refractivity contribution is 5.88. The van der Waals surface area contributed by atoms with Gasteiger partial charge in [0.1, 0.15) is 11.9 Å². The zero-order chi connectivity index (χ0) is 25.8. The Hall–Kier alpha value is -2.09. The molecule has 2 saturated heterocycles. The van der Waals surface area contributed by atoms with Crippen molar-refractivity contribution in [2.45, 2.75) is 103 Å². The maximum atomic E-state index is 13.4. The second-order valence-electron chi connectivity index (χ2n) is 11.0. The van der Waals surface area contributed by atoms with E-state index in [-0.39, 0.29) is 29.8 Å². The standard InChI is InChI=1S/C28H41NO6/c1-6-21-25(32)18(2)10-9-14-28(5)23(35-28)16-20(13-12-19-11-7-8-15-29-19)34-24(31)17-22(30)27(3,4)26(21)33/h7-8,11-13,15,18,20-23,25,30,32H,6,9-10,14,16-17H2,1-5H3/t18-,20+,21+,22-,23-,25?,28+/m0/s1. The molecule has 3 heterocycles. The van der Waals surface area contributed by atoms with E-state index in [4.69, 9.17) is 9.47 Å². The fourth-order valence-corrected chi connectivity index (χ4v) is 5.06. The van der Waals surface area contributed by atoms with E-state index in [0.717, 1.165) is 25.0 Å². The monoisotopic (exact) mass is 487 g/mol. The number of esters is 1. The molecule has 35 heavy (non-hydrogen) atoms. The van der Waals surface area contributed by atoms with Crippen molar-refractivity contribution in [1.29, 1.82) is 0 Å². The molecule has 194 valence electrons. The molecule has 0 radical (unpaired) electrons. The molecular weight excluding hydrogens is 446 g/mol. The second-order valence-corrected chi connectivity index (χ2v) is 11.0. The van der Waals surface area contributed by atoms with Crippen LogP contribution in [0.2, 0.25) is 0 Å². The van der Waals surface area contributed by atoms with Crippen molar-refractivity contribution in [3.63, 3.8) is 0 Å². The molecule has 7 heteroatoms. The third kappa shape index (κ3) is 6.78. The number of carbonyl (C=O) groups excluding carboxylic acids is 2. The maximum Gasteiger partial charge on any atom is 0.309 e. The Morgan fingerprint density at radius 3 is 2.60 bits per heavy atom. The van der Waals surface area contributed by atoms with Gasteiger partial charge in [0.25, 0.3) is 0 Å². The number of ether oxygens (including phenoxy) is 2. The van der Waals surface area contributed by atoms with Crippen LogP contribution in [-0.4, -0.2) is 57.0 Å². The third-order valence-corrected chi connectivity index (χ3v) is 7.87. The van der Waals surface area contributed by atoms with Crippen molar-refractivity contribution in [2.75, 3.05) is 0 Å². The van der Waals surface area contributed by atoms with Crippen LogP contribution in [0.3, 0.4) is 0 Å². The minimum atomic E-state index is -1.23. The van der Waals surface area contributed by atoms with Gasteiger partial charge in [0, 0.05) is 18.5 Å². The molecule has 3 rings (SSSR count). The average molecular weight is 488 g/mol. The minimum Gasteiger partial charge on any atom is -0.458 e. The second kappa shape index (κ2) is 11.3. The van der Waals surface area contributed by atoms with Crippen LogP contribution in [0, 0.1) is 17.3 Å². The number of aromatic nitrogens is 1. The molecule has 0 amide bonds. The number of cyclic esters (lactones) is 1. The first-order chi connectivity index (χ1) is 16.5. The van der Waals surface area contributed by atoms with Crippen molar-refractivity contribution in [1.82, 2.24) is 4.98 Å². The van der Waals surface area contributed by atoms with Gasteiger partial charge >= 0.3 is 5.97 Å². The molecule has 0 aliphatic carbocycles. The summed E-state index contributed by atoms with van der Waals surface area (Å²) in [5.41, 5.74) is -0.748. The van der Waals surface area contributed by atoms with E-state index in [2.05, 4.69) is 11.9 Å². The van der Waals surface area contributed by atoms with Gasteiger partial charge in [0.15, 0.2) is 0 Å². The van der Waals surface area contributed by atoms with E-state index in [9.17, 15) is 19.8 Å². The van der Waals surface area contributed by atoms with Gasteiger partial charge in [-0.3, -0.25) is 14.6 Å². The SMILES string of the molecule is CC[C@H]1C(=O)C(C)(C)[C@@H](O)CC(=O)O[C@H](C=Cc2ccccn2)C[C@@H]2O[C@]2(C)CCC[C@H](C)C1O. The summed E-state index contributed by atoms with van der Waals surface area (Å²) in [5.74, 6) is -1.47. The lowest BCUT2D eigenvalue weighted by Gasteiger charge is -2.35. The predicted molar refractivity (Wildman–Crippen MR) is 133 cm³/mol. The topological polar surface area (TPSA) is 109 Å². The Kier molecular flexibility index (Phi) is 8.89. The lowest BCUT2D eigenvalue weighted by Crippen LogP contribution is -2.46. The number of Topliss-reactive ketones (excluding diaryl/α,β-unsaturated/α-hetero) is 1. The van der Waals surface area contributed by atoms with E-state index in [1.807, 2.05) is 38.1 Å². The van der Waals surface area contributed by atoms with Gasteiger partial charge in [0.05, 0.1) is 41.4 Å². The predicted octanol–water partition coefficient (Wildman–Crippen LogP) is 4.11. The third-order valence-electron chi connectivity index (χ3n) is 7.87. The normalized spacial score (nSPS) is 37.0. The first kappa shape index (κ1) is 27.5. The summed E-state index contributed by atoms with van der Waals surface area (Å²) >= 11 is 0. The summed E-state index contributed by atoms with van der Waals surface area (Å²) in [7, 11) is 0. The van der Waals surface area contributed by atoms with E-state index < -0.39 is 35.6 Å². The average Bonchev–Trinajstić information content (AvgIpc) is 3.45. The summed E-state index contributed by atoms with van der Waals surface area (Å²) in [6.45, 7) is 9.18. The maximum absolute atomic E-state index is 13.4. The molecule has 2 aliphatic heterocycles. The van der Waals surface area contributed by atoms with Crippen molar-refractivity contribution in [3.05, 3.63) is 36.2 Å². The van der Waals surface area contributed by atoms with Crippen LogP contribution < -0.4 is 0 Å². The Bertz CT molecular complexity index is 900. The summed E-state index contributed by atoms with van der Waals surface area (Å²) in [5, 5.41) is 21.9. The Balaban J connectivity index is 1.83. The van der Waals surface area contributed by atoms with Crippen LogP contribution in [0.5, 0.6) is 0 Å². The number of aliphatic hydroxyl groups is 2. The number of aliphatic hydroxyl groups excluding tert-OH is 2. The molecule has 0 saturated carbocycles. The fraction of sp³-hybridized carbons (Fsp3) is 0.679. The van der Waals surface area contributed by atoms with Gasteiger partial charge in [-0.2, -0.15) is 0 Å². The molecule has 2 N–H and O–H groups in total. The van der Waals surface area contributed by atoms with Gasteiger partial charge in [-0.15, -0.1) is 0 Å². The lowest BCUT2D eigenvalue weighted by molar-refractivity contribution is -0.154. The number of ketones is 1. The molecule has 1 unspecified atom stereocenters. The molecule has 1 aromatic rings. The number of hydrogen-bond acceptors (Lipinski definition) is 7. The van der Waals surface area contributed by atoms with Crippen LogP contribution >= 0.6 is 0 Å².